The van der Waals surface area contributed by atoms with Crippen LogP contribution in [0.1, 0.15) is 17.0 Å². The van der Waals surface area contributed by atoms with Crippen molar-refractivity contribution in [3.63, 3.8) is 0 Å². The Bertz CT molecular complexity index is 844. The standard InChI is InChI=1S/C15H11NO4/c1-9-4-5-13-10(7-9)16-11(15(18)20-13)8-12(17)14-3-2-6-19-14/h2-8,17H,1H3. The summed E-state index contributed by atoms with van der Waals surface area (Å²) in [5, 5.41) is 9.86. The smallest absolute Gasteiger partial charge is 0.362 e. The van der Waals surface area contributed by atoms with Gasteiger partial charge in [-0.15, -0.1) is 0 Å². The second-order valence-corrected chi connectivity index (χ2v) is 4.36. The normalized spacial score (nSPS) is 11.9. The summed E-state index contributed by atoms with van der Waals surface area (Å²) in [5.41, 5.74) is 1.39. The molecule has 0 aliphatic heterocycles. The van der Waals surface area contributed by atoms with Gasteiger partial charge in [0.2, 0.25) is 0 Å². The van der Waals surface area contributed by atoms with E-state index >= 15 is 0 Å². The SMILES string of the molecule is Cc1ccc2oc(=O)c(C=C(O)c3ccco3)nc2c1. The number of fused-ring (bicyclic) bond motifs is 1. The molecular formula is C15H11NO4. The highest BCUT2D eigenvalue weighted by Gasteiger charge is 2.08. The van der Waals surface area contributed by atoms with Gasteiger partial charge in [-0.05, 0) is 36.8 Å². The molecule has 20 heavy (non-hydrogen) atoms. The first-order valence-corrected chi connectivity index (χ1v) is 5.99. The van der Waals surface area contributed by atoms with Crippen molar-refractivity contribution >= 4 is 22.9 Å². The first-order chi connectivity index (χ1) is 9.63. The lowest BCUT2D eigenvalue weighted by atomic mass is 10.2. The highest BCUT2D eigenvalue weighted by molar-refractivity contribution is 5.77. The minimum atomic E-state index is -0.612. The van der Waals surface area contributed by atoms with Crippen LogP contribution in [0.5, 0.6) is 0 Å². The first-order valence-electron chi connectivity index (χ1n) is 5.99. The molecule has 0 aliphatic carbocycles. The molecule has 0 atom stereocenters. The Morgan fingerprint density at radius 3 is 2.95 bits per heavy atom. The van der Waals surface area contributed by atoms with E-state index in [1.807, 2.05) is 13.0 Å². The third-order valence-corrected chi connectivity index (χ3v) is 2.81. The maximum atomic E-state index is 11.8. The molecule has 0 radical (unpaired) electrons. The molecule has 5 heteroatoms. The van der Waals surface area contributed by atoms with Crippen LogP contribution in [0.3, 0.4) is 0 Å². The van der Waals surface area contributed by atoms with Gasteiger partial charge in [-0.1, -0.05) is 6.07 Å². The van der Waals surface area contributed by atoms with E-state index in [1.54, 1.807) is 24.3 Å². The van der Waals surface area contributed by atoms with E-state index in [0.717, 1.165) is 5.56 Å². The van der Waals surface area contributed by atoms with Crippen LogP contribution < -0.4 is 5.63 Å². The minimum Gasteiger partial charge on any atom is -0.504 e. The maximum Gasteiger partial charge on any atom is 0.362 e. The van der Waals surface area contributed by atoms with Gasteiger partial charge in [-0.2, -0.15) is 0 Å². The molecule has 0 amide bonds. The molecule has 0 saturated carbocycles. The number of hydrogen-bond donors (Lipinski definition) is 1. The van der Waals surface area contributed by atoms with Crippen molar-refractivity contribution in [1.82, 2.24) is 4.98 Å². The topological polar surface area (TPSA) is 76.5 Å². The molecule has 0 unspecified atom stereocenters. The van der Waals surface area contributed by atoms with Crippen LogP contribution in [0.4, 0.5) is 0 Å². The van der Waals surface area contributed by atoms with Gasteiger partial charge in [0.1, 0.15) is 5.52 Å². The van der Waals surface area contributed by atoms with Gasteiger partial charge >= 0.3 is 5.63 Å². The highest BCUT2D eigenvalue weighted by Crippen LogP contribution is 2.16. The highest BCUT2D eigenvalue weighted by atomic mass is 16.4. The number of aliphatic hydroxyl groups excluding tert-OH is 1. The van der Waals surface area contributed by atoms with E-state index in [9.17, 15) is 9.90 Å². The first kappa shape index (κ1) is 12.2. The molecule has 1 N–H and O–H groups in total. The predicted octanol–water partition coefficient (Wildman–Crippen LogP) is 3.15. The second kappa shape index (κ2) is 4.70. The van der Waals surface area contributed by atoms with Crippen molar-refractivity contribution in [3.05, 3.63) is 64.0 Å². The van der Waals surface area contributed by atoms with Gasteiger partial charge in [-0.25, -0.2) is 9.78 Å². The van der Waals surface area contributed by atoms with Crippen LogP contribution in [-0.2, 0) is 0 Å². The second-order valence-electron chi connectivity index (χ2n) is 4.36. The van der Waals surface area contributed by atoms with Crippen LogP contribution in [0, 0.1) is 6.92 Å². The molecule has 100 valence electrons. The fourth-order valence-corrected chi connectivity index (χ4v) is 1.84. The molecular weight excluding hydrogens is 258 g/mol. The van der Waals surface area contributed by atoms with Gasteiger partial charge in [-0.3, -0.25) is 0 Å². The number of nitrogens with zero attached hydrogens (tertiary/aromatic N) is 1. The predicted molar refractivity (Wildman–Crippen MR) is 74.2 cm³/mol. The average molecular weight is 269 g/mol. The van der Waals surface area contributed by atoms with Crippen LogP contribution in [0.15, 0.2) is 50.2 Å². The summed E-state index contributed by atoms with van der Waals surface area (Å²) in [5.74, 6) is 0.0809. The van der Waals surface area contributed by atoms with E-state index in [4.69, 9.17) is 8.83 Å². The van der Waals surface area contributed by atoms with E-state index in [0.29, 0.717) is 11.1 Å². The van der Waals surface area contributed by atoms with Crippen LogP contribution >= 0.6 is 0 Å². The van der Waals surface area contributed by atoms with Gasteiger partial charge in [0, 0.05) is 6.08 Å². The summed E-state index contributed by atoms with van der Waals surface area (Å²) in [6.45, 7) is 1.92. The van der Waals surface area contributed by atoms with Gasteiger partial charge in [0.15, 0.2) is 22.8 Å². The molecule has 0 spiro atoms. The van der Waals surface area contributed by atoms with Crippen molar-refractivity contribution in [2.75, 3.05) is 0 Å². The zero-order valence-corrected chi connectivity index (χ0v) is 10.7. The monoisotopic (exact) mass is 269 g/mol. The fraction of sp³-hybridized carbons (Fsp3) is 0.0667. The fourth-order valence-electron chi connectivity index (χ4n) is 1.84. The zero-order valence-electron chi connectivity index (χ0n) is 10.7. The Balaban J connectivity index is 2.14. The van der Waals surface area contributed by atoms with Crippen molar-refractivity contribution in [2.45, 2.75) is 6.92 Å². The largest absolute Gasteiger partial charge is 0.504 e. The van der Waals surface area contributed by atoms with Crippen LogP contribution in [0.2, 0.25) is 0 Å². The van der Waals surface area contributed by atoms with E-state index in [1.165, 1.54) is 12.3 Å². The molecule has 3 aromatic rings. The lowest BCUT2D eigenvalue weighted by Crippen LogP contribution is -2.06. The third-order valence-electron chi connectivity index (χ3n) is 2.81. The Hall–Kier alpha value is -2.82. The Morgan fingerprint density at radius 2 is 2.20 bits per heavy atom. The Labute approximate surface area is 113 Å². The molecule has 1 aromatic carbocycles. The molecule has 0 fully saturated rings. The summed E-state index contributed by atoms with van der Waals surface area (Å²) in [6.07, 6.45) is 2.66. The third kappa shape index (κ3) is 2.21. The number of hydrogen-bond acceptors (Lipinski definition) is 5. The van der Waals surface area contributed by atoms with Crippen molar-refractivity contribution in [1.29, 1.82) is 0 Å². The van der Waals surface area contributed by atoms with Crippen LogP contribution in [-0.4, -0.2) is 10.1 Å². The molecule has 2 aromatic heterocycles. The summed E-state index contributed by atoms with van der Waals surface area (Å²) < 4.78 is 10.2. The van der Waals surface area contributed by atoms with Crippen molar-refractivity contribution < 1.29 is 13.9 Å². The molecule has 0 saturated heterocycles. The molecule has 5 nitrogen and oxygen atoms in total. The number of benzene rings is 1. The molecule has 3 rings (SSSR count). The summed E-state index contributed by atoms with van der Waals surface area (Å²) in [6, 6.07) is 8.55. The summed E-state index contributed by atoms with van der Waals surface area (Å²) in [4.78, 5) is 16.0. The van der Waals surface area contributed by atoms with E-state index in [2.05, 4.69) is 4.98 Å². The van der Waals surface area contributed by atoms with Gasteiger partial charge in [0.05, 0.1) is 6.26 Å². The van der Waals surface area contributed by atoms with Crippen molar-refractivity contribution in [2.24, 2.45) is 0 Å². The van der Waals surface area contributed by atoms with Crippen molar-refractivity contribution in [3.8, 4) is 0 Å². The van der Waals surface area contributed by atoms with E-state index < -0.39 is 5.63 Å². The number of aryl methyl sites for hydroxylation is 1. The Kier molecular flexibility index (Phi) is 2.87. The molecule has 2 heterocycles. The lowest BCUT2D eigenvalue weighted by molar-refractivity contribution is 0.461. The number of furan rings is 1. The lowest BCUT2D eigenvalue weighted by Gasteiger charge is -1.99. The maximum absolute atomic E-state index is 11.8. The quantitative estimate of drug-likeness (QED) is 0.723. The van der Waals surface area contributed by atoms with E-state index in [-0.39, 0.29) is 17.2 Å². The van der Waals surface area contributed by atoms with Gasteiger partial charge in [0.25, 0.3) is 0 Å². The minimum absolute atomic E-state index is 0.0250. The zero-order chi connectivity index (χ0) is 14.1. The summed E-state index contributed by atoms with van der Waals surface area (Å²) in [7, 11) is 0. The Morgan fingerprint density at radius 1 is 1.35 bits per heavy atom. The number of aliphatic hydroxyl groups is 1. The molecule has 0 aliphatic rings. The summed E-state index contributed by atoms with van der Waals surface area (Å²) >= 11 is 0. The van der Waals surface area contributed by atoms with Gasteiger partial charge < -0.3 is 13.9 Å². The molecule has 0 bridgehead atoms. The average Bonchev–Trinajstić information content (AvgIpc) is 2.94. The number of aromatic nitrogens is 1. The van der Waals surface area contributed by atoms with Crippen LogP contribution in [0.25, 0.3) is 22.9 Å². The number of rotatable bonds is 2.